The second kappa shape index (κ2) is 6.13. The molecule has 4 heteroatoms. The first-order valence-corrected chi connectivity index (χ1v) is 6.69. The lowest BCUT2D eigenvalue weighted by molar-refractivity contribution is 0.182. The Morgan fingerprint density at radius 3 is 2.53 bits per heavy atom. The first-order valence-electron chi connectivity index (χ1n) is 6.69. The van der Waals surface area contributed by atoms with Gasteiger partial charge in [0.15, 0.2) is 11.6 Å². The summed E-state index contributed by atoms with van der Waals surface area (Å²) in [5.41, 5.74) is -0.0867. The molecule has 1 aromatic rings. The van der Waals surface area contributed by atoms with Crippen LogP contribution in [0.4, 0.5) is 14.5 Å². The van der Waals surface area contributed by atoms with Crippen LogP contribution in [0.5, 0.6) is 5.75 Å². The number of ether oxygens (including phenoxy) is 1. The van der Waals surface area contributed by atoms with E-state index < -0.39 is 11.6 Å². The maximum atomic E-state index is 13.7. The summed E-state index contributed by atoms with van der Waals surface area (Å²) in [4.78, 5) is 3.41. The van der Waals surface area contributed by atoms with Crippen molar-refractivity contribution in [2.45, 2.75) is 32.6 Å². The number of nitrogens with zero attached hydrogens (tertiary/aromatic N) is 1. The molecule has 0 heterocycles. The van der Waals surface area contributed by atoms with Crippen molar-refractivity contribution in [3.05, 3.63) is 23.8 Å². The molecule has 19 heavy (non-hydrogen) atoms. The molecule has 0 amide bonds. The van der Waals surface area contributed by atoms with Crippen LogP contribution in [0, 0.1) is 23.5 Å². The Hall–Kier alpha value is -1.45. The molecule has 104 valence electrons. The highest BCUT2D eigenvalue weighted by molar-refractivity contribution is 5.49. The van der Waals surface area contributed by atoms with Crippen LogP contribution >= 0.6 is 0 Å². The summed E-state index contributed by atoms with van der Waals surface area (Å²) in [6.45, 7) is 5.88. The molecule has 0 saturated heterocycles. The lowest BCUT2D eigenvalue weighted by atomic mass is 9.83. The Balaban J connectivity index is 1.96. The average Bonchev–Trinajstić information content (AvgIpc) is 2.42. The second-order valence-electron chi connectivity index (χ2n) is 5.31. The van der Waals surface area contributed by atoms with Gasteiger partial charge in [-0.1, -0.05) is 19.8 Å². The number of aliphatic imine (C=N–C) groups is 1. The number of rotatable bonds is 4. The van der Waals surface area contributed by atoms with Crippen molar-refractivity contribution in [2.75, 3.05) is 6.61 Å². The van der Waals surface area contributed by atoms with Crippen molar-refractivity contribution in [2.24, 2.45) is 16.8 Å². The van der Waals surface area contributed by atoms with Gasteiger partial charge in [-0.15, -0.1) is 0 Å². The molecule has 0 N–H and O–H groups in total. The van der Waals surface area contributed by atoms with Gasteiger partial charge in [0.1, 0.15) is 5.69 Å². The van der Waals surface area contributed by atoms with Crippen molar-refractivity contribution in [1.82, 2.24) is 0 Å². The van der Waals surface area contributed by atoms with Crippen molar-refractivity contribution in [1.29, 1.82) is 0 Å². The van der Waals surface area contributed by atoms with Crippen molar-refractivity contribution in [3.8, 4) is 5.75 Å². The number of halogens is 2. The fourth-order valence-corrected chi connectivity index (χ4v) is 2.46. The van der Waals surface area contributed by atoms with Crippen molar-refractivity contribution >= 4 is 12.4 Å². The van der Waals surface area contributed by atoms with E-state index in [1.165, 1.54) is 25.0 Å². The quantitative estimate of drug-likeness (QED) is 0.736. The van der Waals surface area contributed by atoms with Crippen LogP contribution in [0.1, 0.15) is 32.6 Å². The van der Waals surface area contributed by atoms with Gasteiger partial charge in [-0.25, -0.2) is 4.39 Å². The standard InChI is InChI=1S/C15H19F2NO/c1-10-3-5-11(6-4-10)9-19-13-8-7-12(18-2)14(16)15(13)17/h7-8,10-11H,2-6,9H2,1H3. The third kappa shape index (κ3) is 3.31. The molecule has 1 saturated carbocycles. The summed E-state index contributed by atoms with van der Waals surface area (Å²) in [7, 11) is 0. The molecule has 0 atom stereocenters. The van der Waals surface area contributed by atoms with Crippen molar-refractivity contribution < 1.29 is 13.5 Å². The molecule has 0 aliphatic heterocycles. The van der Waals surface area contributed by atoms with Gasteiger partial charge >= 0.3 is 0 Å². The number of hydrogen-bond acceptors (Lipinski definition) is 2. The lowest BCUT2D eigenvalue weighted by Crippen LogP contribution is -2.19. The van der Waals surface area contributed by atoms with Crippen LogP contribution in [0.15, 0.2) is 17.1 Å². The zero-order valence-electron chi connectivity index (χ0n) is 11.2. The summed E-state index contributed by atoms with van der Waals surface area (Å²) >= 11 is 0. The Morgan fingerprint density at radius 2 is 1.89 bits per heavy atom. The maximum Gasteiger partial charge on any atom is 0.202 e. The van der Waals surface area contributed by atoms with E-state index in [-0.39, 0.29) is 11.4 Å². The van der Waals surface area contributed by atoms with Gasteiger partial charge in [0, 0.05) is 0 Å². The predicted molar refractivity (Wildman–Crippen MR) is 72.2 cm³/mol. The topological polar surface area (TPSA) is 21.6 Å². The highest BCUT2D eigenvalue weighted by Gasteiger charge is 2.20. The van der Waals surface area contributed by atoms with Gasteiger partial charge in [0.05, 0.1) is 6.61 Å². The fraction of sp³-hybridized carbons (Fsp3) is 0.533. The summed E-state index contributed by atoms with van der Waals surface area (Å²) in [6, 6.07) is 2.79. The van der Waals surface area contributed by atoms with Gasteiger partial charge in [0.2, 0.25) is 5.82 Å². The van der Waals surface area contributed by atoms with Gasteiger partial charge in [-0.3, -0.25) is 4.99 Å². The molecule has 0 unspecified atom stereocenters. The molecule has 0 radical (unpaired) electrons. The SMILES string of the molecule is C=Nc1ccc(OCC2CCC(C)CC2)c(F)c1F. The summed E-state index contributed by atoms with van der Waals surface area (Å²) < 4.78 is 32.6. The third-order valence-corrected chi connectivity index (χ3v) is 3.81. The molecule has 2 rings (SSSR count). The predicted octanol–water partition coefficient (Wildman–Crippen LogP) is 4.50. The van der Waals surface area contributed by atoms with Crippen LogP contribution < -0.4 is 4.74 Å². The highest BCUT2D eigenvalue weighted by atomic mass is 19.2. The van der Waals surface area contributed by atoms with Crippen LogP contribution in [0.25, 0.3) is 0 Å². The number of hydrogen-bond donors (Lipinski definition) is 0. The summed E-state index contributed by atoms with van der Waals surface area (Å²) in [6.07, 6.45) is 4.56. The van der Waals surface area contributed by atoms with E-state index in [4.69, 9.17) is 4.74 Å². The van der Waals surface area contributed by atoms with E-state index in [0.29, 0.717) is 12.5 Å². The summed E-state index contributed by atoms with van der Waals surface area (Å²) in [5.74, 6) is -0.804. The van der Waals surface area contributed by atoms with E-state index in [9.17, 15) is 8.78 Å². The molecular formula is C15H19F2NO. The fourth-order valence-electron chi connectivity index (χ4n) is 2.46. The normalized spacial score (nSPS) is 23.1. The first-order chi connectivity index (χ1) is 9.11. The Kier molecular flexibility index (Phi) is 4.51. The number of benzene rings is 1. The van der Waals surface area contributed by atoms with Crippen LogP contribution in [0.2, 0.25) is 0 Å². The zero-order chi connectivity index (χ0) is 13.8. The largest absolute Gasteiger partial charge is 0.490 e. The minimum absolute atomic E-state index is 0.0384. The van der Waals surface area contributed by atoms with Gasteiger partial charge in [0.25, 0.3) is 0 Å². The van der Waals surface area contributed by atoms with Crippen LogP contribution in [-0.2, 0) is 0 Å². The molecule has 1 aromatic carbocycles. The molecule has 2 nitrogen and oxygen atoms in total. The molecule has 0 spiro atoms. The van der Waals surface area contributed by atoms with E-state index >= 15 is 0 Å². The van der Waals surface area contributed by atoms with E-state index in [2.05, 4.69) is 18.6 Å². The van der Waals surface area contributed by atoms with Gasteiger partial charge < -0.3 is 4.74 Å². The van der Waals surface area contributed by atoms with E-state index in [0.717, 1.165) is 18.8 Å². The highest BCUT2D eigenvalue weighted by Crippen LogP contribution is 2.31. The molecule has 1 aliphatic rings. The lowest BCUT2D eigenvalue weighted by Gasteiger charge is -2.26. The van der Waals surface area contributed by atoms with E-state index in [1.807, 2.05) is 0 Å². The molecule has 0 aromatic heterocycles. The second-order valence-corrected chi connectivity index (χ2v) is 5.31. The Bertz CT molecular complexity index is 454. The molecular weight excluding hydrogens is 248 g/mol. The smallest absolute Gasteiger partial charge is 0.202 e. The van der Waals surface area contributed by atoms with Crippen LogP contribution in [-0.4, -0.2) is 13.3 Å². The minimum Gasteiger partial charge on any atom is -0.490 e. The Morgan fingerprint density at radius 1 is 1.21 bits per heavy atom. The Labute approximate surface area is 112 Å². The van der Waals surface area contributed by atoms with Crippen LogP contribution in [0.3, 0.4) is 0 Å². The van der Waals surface area contributed by atoms with E-state index in [1.54, 1.807) is 0 Å². The third-order valence-electron chi connectivity index (χ3n) is 3.81. The average molecular weight is 267 g/mol. The molecule has 0 bridgehead atoms. The maximum absolute atomic E-state index is 13.7. The van der Waals surface area contributed by atoms with Gasteiger partial charge in [-0.05, 0) is 43.5 Å². The first kappa shape index (κ1) is 14.0. The molecule has 1 aliphatic carbocycles. The summed E-state index contributed by atoms with van der Waals surface area (Å²) in [5, 5.41) is 0. The molecule has 1 fully saturated rings. The zero-order valence-corrected chi connectivity index (χ0v) is 11.2. The van der Waals surface area contributed by atoms with Gasteiger partial charge in [-0.2, -0.15) is 4.39 Å². The monoisotopic (exact) mass is 267 g/mol. The van der Waals surface area contributed by atoms with Crippen molar-refractivity contribution in [3.63, 3.8) is 0 Å². The minimum atomic E-state index is -0.996.